The van der Waals surface area contributed by atoms with Gasteiger partial charge in [0, 0.05) is 12.1 Å². The van der Waals surface area contributed by atoms with E-state index in [2.05, 4.69) is 31.5 Å². The van der Waals surface area contributed by atoms with E-state index in [1.807, 2.05) is 26.8 Å². The van der Waals surface area contributed by atoms with Gasteiger partial charge in [0.25, 0.3) is 0 Å². The van der Waals surface area contributed by atoms with Crippen LogP contribution in [-0.4, -0.2) is 28.8 Å². The summed E-state index contributed by atoms with van der Waals surface area (Å²) in [5.74, 6) is 0. The first-order chi connectivity index (χ1) is 10.2. The zero-order valence-corrected chi connectivity index (χ0v) is 15.3. The molecule has 2 unspecified atom stereocenters. The van der Waals surface area contributed by atoms with E-state index in [4.69, 9.17) is 16.3 Å². The van der Waals surface area contributed by atoms with Crippen molar-refractivity contribution >= 4 is 39.3 Å². The molecule has 0 bridgehead atoms. The number of rotatable bonds is 3. The molecule has 22 heavy (non-hydrogen) atoms. The zero-order chi connectivity index (χ0) is 16.3. The van der Waals surface area contributed by atoms with Crippen molar-refractivity contribution in [2.45, 2.75) is 57.7 Å². The smallest absolute Gasteiger partial charge is 0.407 e. The van der Waals surface area contributed by atoms with Gasteiger partial charge in [-0.3, -0.25) is 0 Å². The predicted molar refractivity (Wildman–Crippen MR) is 91.4 cm³/mol. The molecule has 1 aromatic heterocycles. The van der Waals surface area contributed by atoms with Gasteiger partial charge in [0.15, 0.2) is 0 Å². The number of carbonyl (C=O) groups is 1. The van der Waals surface area contributed by atoms with Crippen LogP contribution < -0.4 is 10.6 Å². The van der Waals surface area contributed by atoms with Gasteiger partial charge in [0.1, 0.15) is 10.8 Å². The fourth-order valence-electron chi connectivity index (χ4n) is 2.45. The van der Waals surface area contributed by atoms with Crippen LogP contribution in [-0.2, 0) is 4.74 Å². The topological polar surface area (TPSA) is 63.2 Å². The molecule has 2 N–H and O–H groups in total. The van der Waals surface area contributed by atoms with Crippen molar-refractivity contribution in [1.29, 1.82) is 0 Å². The third-order valence-electron chi connectivity index (χ3n) is 3.32. The standard InChI is InChI=1S/C15H21BrClN3O2/c1-15(2,3)22-14(21)20-10-5-4-9(6-10)19-11-7-12(16)13(17)18-8-11/h7-10,19H,4-6H2,1-3H3,(H,20,21). The molecule has 0 saturated heterocycles. The molecule has 0 radical (unpaired) electrons. The highest BCUT2D eigenvalue weighted by molar-refractivity contribution is 9.10. The SMILES string of the molecule is CC(C)(C)OC(=O)NC1CCC(Nc2cnc(Cl)c(Br)c2)C1. The molecular formula is C15H21BrClN3O2. The highest BCUT2D eigenvalue weighted by Crippen LogP contribution is 2.27. The number of amides is 1. The van der Waals surface area contributed by atoms with Crippen molar-refractivity contribution in [2.24, 2.45) is 0 Å². The van der Waals surface area contributed by atoms with E-state index in [1.54, 1.807) is 6.20 Å². The number of aromatic nitrogens is 1. The number of hydrogen-bond donors (Lipinski definition) is 2. The number of nitrogens with zero attached hydrogens (tertiary/aromatic N) is 1. The van der Waals surface area contributed by atoms with Crippen LogP contribution in [0.3, 0.4) is 0 Å². The molecular weight excluding hydrogens is 370 g/mol. The lowest BCUT2D eigenvalue weighted by Crippen LogP contribution is -2.38. The van der Waals surface area contributed by atoms with Crippen LogP contribution in [0.15, 0.2) is 16.7 Å². The van der Waals surface area contributed by atoms with Crippen LogP contribution in [0.5, 0.6) is 0 Å². The molecule has 0 aromatic carbocycles. The first kappa shape index (κ1) is 17.3. The molecule has 0 spiro atoms. The van der Waals surface area contributed by atoms with Gasteiger partial charge in [0.05, 0.1) is 16.4 Å². The first-order valence-corrected chi connectivity index (χ1v) is 8.47. The fourth-order valence-corrected chi connectivity index (χ4v) is 2.91. The van der Waals surface area contributed by atoms with Crippen LogP contribution in [0.2, 0.25) is 5.15 Å². The Morgan fingerprint density at radius 1 is 1.41 bits per heavy atom. The lowest BCUT2D eigenvalue weighted by molar-refractivity contribution is 0.0505. The molecule has 1 aliphatic rings. The lowest BCUT2D eigenvalue weighted by Gasteiger charge is -2.22. The van der Waals surface area contributed by atoms with Crippen LogP contribution in [0.1, 0.15) is 40.0 Å². The van der Waals surface area contributed by atoms with Crippen LogP contribution in [0.4, 0.5) is 10.5 Å². The minimum atomic E-state index is -0.471. The number of carbonyl (C=O) groups excluding carboxylic acids is 1. The molecule has 1 amide bonds. The van der Waals surface area contributed by atoms with E-state index in [0.717, 1.165) is 29.4 Å². The maximum Gasteiger partial charge on any atom is 0.407 e. The molecule has 5 nitrogen and oxygen atoms in total. The minimum Gasteiger partial charge on any atom is -0.444 e. The Kier molecular flexibility index (Phi) is 5.55. The maximum absolute atomic E-state index is 11.8. The summed E-state index contributed by atoms with van der Waals surface area (Å²) < 4.78 is 6.05. The summed E-state index contributed by atoms with van der Waals surface area (Å²) in [4.78, 5) is 15.9. The number of hydrogen-bond acceptors (Lipinski definition) is 4. The summed E-state index contributed by atoms with van der Waals surface area (Å²) in [5, 5.41) is 6.79. The number of ether oxygens (including phenoxy) is 1. The van der Waals surface area contributed by atoms with Gasteiger partial charge < -0.3 is 15.4 Å². The quantitative estimate of drug-likeness (QED) is 0.753. The van der Waals surface area contributed by atoms with Gasteiger partial charge >= 0.3 is 6.09 Å². The van der Waals surface area contributed by atoms with Crippen molar-refractivity contribution in [3.8, 4) is 0 Å². The summed E-state index contributed by atoms with van der Waals surface area (Å²) in [6.45, 7) is 5.57. The number of alkyl carbamates (subject to hydrolysis) is 1. The normalized spacial score (nSPS) is 21.5. The molecule has 122 valence electrons. The van der Waals surface area contributed by atoms with Gasteiger partial charge in [-0.1, -0.05) is 11.6 Å². The van der Waals surface area contributed by atoms with Crippen LogP contribution in [0.25, 0.3) is 0 Å². The number of nitrogens with one attached hydrogen (secondary N) is 2. The third-order valence-corrected chi connectivity index (χ3v) is 4.45. The van der Waals surface area contributed by atoms with Crippen molar-refractivity contribution < 1.29 is 9.53 Å². The van der Waals surface area contributed by atoms with Crippen molar-refractivity contribution in [1.82, 2.24) is 10.3 Å². The number of anilines is 1. The summed E-state index contributed by atoms with van der Waals surface area (Å²) in [5.41, 5.74) is 0.445. The Morgan fingerprint density at radius 2 is 2.09 bits per heavy atom. The molecule has 1 heterocycles. The summed E-state index contributed by atoms with van der Waals surface area (Å²) in [6.07, 6.45) is 4.13. The molecule has 1 aromatic rings. The van der Waals surface area contributed by atoms with E-state index >= 15 is 0 Å². The Morgan fingerprint density at radius 3 is 2.73 bits per heavy atom. The van der Waals surface area contributed by atoms with Gasteiger partial charge in [-0.05, 0) is 62.0 Å². The van der Waals surface area contributed by atoms with Gasteiger partial charge in [-0.2, -0.15) is 0 Å². The second-order valence-corrected chi connectivity index (χ2v) is 7.71. The average molecular weight is 391 g/mol. The Hall–Kier alpha value is -1.01. The predicted octanol–water partition coefficient (Wildman–Crippen LogP) is 4.36. The Bertz CT molecular complexity index is 548. The molecule has 1 fully saturated rings. The molecule has 1 aliphatic carbocycles. The van der Waals surface area contributed by atoms with Gasteiger partial charge in [0.2, 0.25) is 0 Å². The highest BCUT2D eigenvalue weighted by Gasteiger charge is 2.27. The molecule has 2 rings (SSSR count). The van der Waals surface area contributed by atoms with Crippen molar-refractivity contribution in [2.75, 3.05) is 5.32 Å². The average Bonchev–Trinajstić information content (AvgIpc) is 2.78. The monoisotopic (exact) mass is 389 g/mol. The Balaban J connectivity index is 1.82. The zero-order valence-electron chi connectivity index (χ0n) is 13.0. The molecule has 2 atom stereocenters. The van der Waals surface area contributed by atoms with Crippen LogP contribution in [0, 0.1) is 0 Å². The largest absolute Gasteiger partial charge is 0.444 e. The van der Waals surface area contributed by atoms with E-state index in [1.165, 1.54) is 0 Å². The minimum absolute atomic E-state index is 0.135. The molecule has 7 heteroatoms. The summed E-state index contributed by atoms with van der Waals surface area (Å²) in [7, 11) is 0. The van der Waals surface area contributed by atoms with Crippen LogP contribution >= 0.6 is 27.5 Å². The number of halogens is 2. The number of pyridine rings is 1. The van der Waals surface area contributed by atoms with Crippen molar-refractivity contribution in [3.63, 3.8) is 0 Å². The molecule has 0 aliphatic heterocycles. The second kappa shape index (κ2) is 7.04. The Labute approximate surface area is 144 Å². The molecule has 1 saturated carbocycles. The van der Waals surface area contributed by atoms with Crippen molar-refractivity contribution in [3.05, 3.63) is 21.9 Å². The fraction of sp³-hybridized carbons (Fsp3) is 0.600. The summed E-state index contributed by atoms with van der Waals surface area (Å²) in [6, 6.07) is 2.34. The maximum atomic E-state index is 11.8. The van der Waals surface area contributed by atoms with Gasteiger partial charge in [-0.15, -0.1) is 0 Å². The third kappa shape index (κ3) is 5.32. The lowest BCUT2D eigenvalue weighted by atomic mass is 10.2. The summed E-state index contributed by atoms with van der Waals surface area (Å²) >= 11 is 9.24. The van der Waals surface area contributed by atoms with E-state index in [-0.39, 0.29) is 12.1 Å². The van der Waals surface area contributed by atoms with E-state index < -0.39 is 5.60 Å². The van der Waals surface area contributed by atoms with E-state index in [9.17, 15) is 4.79 Å². The second-order valence-electron chi connectivity index (χ2n) is 6.49. The van der Waals surface area contributed by atoms with E-state index in [0.29, 0.717) is 11.2 Å². The highest BCUT2D eigenvalue weighted by atomic mass is 79.9. The van der Waals surface area contributed by atoms with Gasteiger partial charge in [-0.25, -0.2) is 9.78 Å². The first-order valence-electron chi connectivity index (χ1n) is 7.30.